The van der Waals surface area contributed by atoms with Crippen LogP contribution in [-0.4, -0.2) is 24.0 Å². The number of halogens is 2. The summed E-state index contributed by atoms with van der Waals surface area (Å²) in [6.45, 7) is 1.92. The number of carbonyl (C=O) groups excluding carboxylic acids is 3. The monoisotopic (exact) mass is 469 g/mol. The van der Waals surface area contributed by atoms with Gasteiger partial charge in [0.05, 0.1) is 27.5 Å². The van der Waals surface area contributed by atoms with Gasteiger partial charge in [0, 0.05) is 0 Å². The molecule has 0 aliphatic carbocycles. The number of benzene rings is 3. The lowest BCUT2D eigenvalue weighted by atomic mass is 10.1. The smallest absolute Gasteiger partial charge is 0.343 e. The Morgan fingerprint density at radius 2 is 1.66 bits per heavy atom. The molecule has 0 bridgehead atoms. The van der Waals surface area contributed by atoms with Crippen molar-refractivity contribution in [2.45, 2.75) is 6.92 Å². The quantitative estimate of drug-likeness (QED) is 0.187. The molecule has 0 heterocycles. The Labute approximate surface area is 194 Å². The van der Waals surface area contributed by atoms with Crippen molar-refractivity contribution in [2.24, 2.45) is 5.10 Å². The summed E-state index contributed by atoms with van der Waals surface area (Å²) in [5.41, 5.74) is 4.31. The lowest BCUT2D eigenvalue weighted by molar-refractivity contribution is -0.136. The molecule has 9 heteroatoms. The maximum Gasteiger partial charge on any atom is 0.343 e. The van der Waals surface area contributed by atoms with Gasteiger partial charge in [0.25, 0.3) is 0 Å². The minimum absolute atomic E-state index is 0.121. The van der Waals surface area contributed by atoms with Crippen LogP contribution in [0.15, 0.2) is 71.8 Å². The Balaban J connectivity index is 1.57. The summed E-state index contributed by atoms with van der Waals surface area (Å²) >= 11 is 11.9. The summed E-state index contributed by atoms with van der Waals surface area (Å²) in [6, 6.07) is 18.2. The van der Waals surface area contributed by atoms with Gasteiger partial charge in [0.2, 0.25) is 0 Å². The maximum atomic E-state index is 12.2. The number of ether oxygens (including phenoxy) is 1. The Bertz CT molecular complexity index is 1190. The Morgan fingerprint density at radius 1 is 0.938 bits per heavy atom. The van der Waals surface area contributed by atoms with E-state index < -0.39 is 17.8 Å². The zero-order valence-corrected chi connectivity index (χ0v) is 18.3. The molecule has 3 aromatic carbocycles. The largest absolute Gasteiger partial charge is 0.423 e. The van der Waals surface area contributed by atoms with Crippen LogP contribution in [0.3, 0.4) is 0 Å². The van der Waals surface area contributed by atoms with Crippen molar-refractivity contribution in [3.8, 4) is 5.75 Å². The number of nitrogens with one attached hydrogen (secondary N) is 2. The third-order valence-corrected chi connectivity index (χ3v) is 4.96. The van der Waals surface area contributed by atoms with E-state index in [-0.39, 0.29) is 15.7 Å². The molecule has 7 nitrogen and oxygen atoms in total. The molecule has 0 spiro atoms. The first kappa shape index (κ1) is 23.0. The van der Waals surface area contributed by atoms with Crippen LogP contribution in [0.5, 0.6) is 5.75 Å². The maximum absolute atomic E-state index is 12.2. The highest BCUT2D eigenvalue weighted by Gasteiger charge is 2.15. The molecule has 0 radical (unpaired) electrons. The highest BCUT2D eigenvalue weighted by Crippen LogP contribution is 2.29. The number of aryl methyl sites for hydroxylation is 1. The van der Waals surface area contributed by atoms with Crippen LogP contribution in [-0.2, 0) is 9.59 Å². The van der Waals surface area contributed by atoms with Crippen LogP contribution in [0.2, 0.25) is 10.0 Å². The van der Waals surface area contributed by atoms with Crippen LogP contribution >= 0.6 is 23.2 Å². The van der Waals surface area contributed by atoms with Crippen molar-refractivity contribution in [1.82, 2.24) is 5.43 Å². The summed E-state index contributed by atoms with van der Waals surface area (Å²) in [4.78, 5) is 36.2. The van der Waals surface area contributed by atoms with Crippen LogP contribution in [0.1, 0.15) is 21.5 Å². The molecule has 0 aliphatic rings. The predicted octanol–water partition coefficient (Wildman–Crippen LogP) is 4.61. The number of hydrazone groups is 1. The van der Waals surface area contributed by atoms with E-state index in [1.807, 2.05) is 19.1 Å². The van der Waals surface area contributed by atoms with E-state index in [1.165, 1.54) is 12.3 Å². The fourth-order valence-corrected chi connectivity index (χ4v) is 2.86. The summed E-state index contributed by atoms with van der Waals surface area (Å²) < 4.78 is 5.36. The third-order valence-electron chi connectivity index (χ3n) is 4.14. The summed E-state index contributed by atoms with van der Waals surface area (Å²) in [6.07, 6.45) is 1.31. The first-order valence-electron chi connectivity index (χ1n) is 9.31. The van der Waals surface area contributed by atoms with E-state index in [9.17, 15) is 14.4 Å². The first-order valence-corrected chi connectivity index (χ1v) is 10.1. The third kappa shape index (κ3) is 6.16. The van der Waals surface area contributed by atoms with Crippen LogP contribution in [0.4, 0.5) is 5.69 Å². The summed E-state index contributed by atoms with van der Waals surface area (Å²) in [5.74, 6) is -2.16. The molecule has 0 atom stereocenters. The zero-order chi connectivity index (χ0) is 23.1. The number of hydrogen-bond acceptors (Lipinski definition) is 5. The number of hydrogen-bond donors (Lipinski definition) is 2. The van der Waals surface area contributed by atoms with Crippen LogP contribution in [0, 0.1) is 6.92 Å². The van der Waals surface area contributed by atoms with Crippen LogP contribution < -0.4 is 15.5 Å². The molecule has 0 unspecified atom stereocenters. The second-order valence-corrected chi connectivity index (χ2v) is 7.37. The van der Waals surface area contributed by atoms with Crippen molar-refractivity contribution in [3.63, 3.8) is 0 Å². The van der Waals surface area contributed by atoms with Crippen molar-refractivity contribution < 1.29 is 19.1 Å². The van der Waals surface area contributed by atoms with Gasteiger partial charge in [-0.2, -0.15) is 5.10 Å². The zero-order valence-electron chi connectivity index (χ0n) is 16.8. The van der Waals surface area contributed by atoms with Gasteiger partial charge in [0.15, 0.2) is 0 Å². The molecule has 2 N–H and O–H groups in total. The van der Waals surface area contributed by atoms with Gasteiger partial charge in [-0.05, 0) is 48.9 Å². The average Bonchev–Trinajstić information content (AvgIpc) is 2.77. The normalized spacial score (nSPS) is 10.6. The van der Waals surface area contributed by atoms with Gasteiger partial charge in [-0.25, -0.2) is 10.2 Å². The molecular formula is C23H17Cl2N3O4. The number of carbonyl (C=O) groups is 3. The second kappa shape index (κ2) is 10.6. The molecule has 32 heavy (non-hydrogen) atoms. The molecule has 2 amide bonds. The van der Waals surface area contributed by atoms with Crippen molar-refractivity contribution >= 4 is 52.9 Å². The number of rotatable bonds is 5. The second-order valence-electron chi connectivity index (χ2n) is 6.58. The molecule has 162 valence electrons. The highest BCUT2D eigenvalue weighted by atomic mass is 35.5. The molecule has 0 saturated carbocycles. The highest BCUT2D eigenvalue weighted by molar-refractivity contribution is 6.45. The minimum Gasteiger partial charge on any atom is -0.423 e. The first-order chi connectivity index (χ1) is 15.3. The van der Waals surface area contributed by atoms with Crippen molar-refractivity contribution in [2.75, 3.05) is 5.32 Å². The van der Waals surface area contributed by atoms with E-state index in [4.69, 9.17) is 27.9 Å². The van der Waals surface area contributed by atoms with E-state index in [0.29, 0.717) is 16.9 Å². The van der Waals surface area contributed by atoms with Crippen molar-refractivity contribution in [3.05, 3.63) is 93.5 Å². The van der Waals surface area contributed by atoms with Gasteiger partial charge < -0.3 is 10.1 Å². The number of amides is 2. The number of nitrogens with zero attached hydrogens (tertiary/aromatic N) is 1. The van der Waals surface area contributed by atoms with E-state index >= 15 is 0 Å². The molecule has 0 fully saturated rings. The number of esters is 1. The molecule has 3 aromatic rings. The Morgan fingerprint density at radius 3 is 2.41 bits per heavy atom. The van der Waals surface area contributed by atoms with Crippen molar-refractivity contribution in [1.29, 1.82) is 0 Å². The molecular weight excluding hydrogens is 453 g/mol. The molecule has 0 aromatic heterocycles. The Kier molecular flexibility index (Phi) is 7.59. The summed E-state index contributed by atoms with van der Waals surface area (Å²) in [7, 11) is 0. The molecule has 3 rings (SSSR count). The molecule has 0 aliphatic heterocycles. The fourth-order valence-electron chi connectivity index (χ4n) is 2.51. The predicted molar refractivity (Wildman–Crippen MR) is 123 cm³/mol. The van der Waals surface area contributed by atoms with Gasteiger partial charge >= 0.3 is 17.8 Å². The van der Waals surface area contributed by atoms with E-state index in [2.05, 4.69) is 15.8 Å². The van der Waals surface area contributed by atoms with E-state index in [1.54, 1.807) is 48.5 Å². The average molecular weight is 470 g/mol. The fraction of sp³-hybridized carbons (Fsp3) is 0.0435. The van der Waals surface area contributed by atoms with Gasteiger partial charge in [-0.3, -0.25) is 9.59 Å². The lowest BCUT2D eigenvalue weighted by Gasteiger charge is -2.07. The van der Waals surface area contributed by atoms with Gasteiger partial charge in [-0.15, -0.1) is 0 Å². The van der Waals surface area contributed by atoms with Gasteiger partial charge in [-0.1, -0.05) is 59.1 Å². The lowest BCUT2D eigenvalue weighted by Crippen LogP contribution is -2.32. The SMILES string of the molecule is Cc1ccc(C(=O)Oc2cccc(/C=N/NC(=O)C(=O)Nc3cccc(Cl)c3Cl)c2)cc1. The van der Waals surface area contributed by atoms with Crippen LogP contribution in [0.25, 0.3) is 0 Å². The van der Waals surface area contributed by atoms with E-state index in [0.717, 1.165) is 5.56 Å². The standard InChI is InChI=1S/C23H17Cl2N3O4/c1-14-8-10-16(11-9-14)23(31)32-17-5-2-4-15(12-17)13-26-28-22(30)21(29)27-19-7-3-6-18(24)20(19)25/h2-13H,1H3,(H,27,29)(H,28,30)/b26-13+. The topological polar surface area (TPSA) is 96.9 Å². The minimum atomic E-state index is -1.00. The molecule has 0 saturated heterocycles. The Hall–Kier alpha value is -3.68. The van der Waals surface area contributed by atoms with Gasteiger partial charge in [0.1, 0.15) is 5.75 Å². The number of anilines is 1. The summed E-state index contributed by atoms with van der Waals surface area (Å²) in [5, 5.41) is 6.46.